The fourth-order valence-corrected chi connectivity index (χ4v) is 7.85. The van der Waals surface area contributed by atoms with Crippen molar-refractivity contribution in [1.82, 2.24) is 0 Å². The zero-order chi connectivity index (χ0) is 24.4. The third kappa shape index (κ3) is 3.90. The molecule has 0 unspecified atom stereocenters. The van der Waals surface area contributed by atoms with Gasteiger partial charge in [-0.05, 0) is 67.8 Å². The Bertz CT molecular complexity index is 890. The molecule has 0 heterocycles. The molecule has 0 aromatic carbocycles. The van der Waals surface area contributed by atoms with Crippen LogP contribution in [0.5, 0.6) is 0 Å². The Labute approximate surface area is 196 Å². The number of hydrogen-bond acceptors (Lipinski definition) is 6. The largest absolute Gasteiger partial charge is 0.453 e. The third-order valence-electron chi connectivity index (χ3n) is 9.48. The molecular formula is C26H40NO6+. The number of likely N-dealkylation sites (N-methyl/N-ethyl adjacent to an activating group) is 1. The summed E-state index contributed by atoms with van der Waals surface area (Å²) in [4.78, 5) is 37.4. The molecule has 4 aliphatic carbocycles. The van der Waals surface area contributed by atoms with E-state index in [-0.39, 0.29) is 35.5 Å². The summed E-state index contributed by atoms with van der Waals surface area (Å²) in [5.41, 5.74) is -1.42. The average molecular weight is 463 g/mol. The lowest BCUT2D eigenvalue weighted by Crippen LogP contribution is -2.62. The fourth-order valence-electron chi connectivity index (χ4n) is 7.85. The molecule has 0 spiro atoms. The molecule has 184 valence electrons. The molecule has 7 nitrogen and oxygen atoms in total. The van der Waals surface area contributed by atoms with E-state index in [1.54, 1.807) is 6.08 Å². The molecule has 0 radical (unpaired) electrons. The number of carbonyl (C=O) groups excluding carboxylic acids is 3. The van der Waals surface area contributed by atoms with Gasteiger partial charge in [0.25, 0.3) is 0 Å². The Hall–Kier alpha value is -1.57. The number of aliphatic hydroxyl groups is 2. The van der Waals surface area contributed by atoms with Crippen molar-refractivity contribution >= 4 is 17.5 Å². The molecule has 0 bridgehead atoms. The van der Waals surface area contributed by atoms with Gasteiger partial charge < -0.3 is 19.4 Å². The second-order valence-corrected chi connectivity index (χ2v) is 12.5. The second-order valence-electron chi connectivity index (χ2n) is 12.5. The SMILES string of the molecule is C[C@]12CCC(=O)C=C1CC[C@@H]1[C@@H]2[C@H](O)C[C@]2(C)[C@@H]1CC[C@]2(O)C(=O)COC(=O)C[N+](C)(C)C. The summed E-state index contributed by atoms with van der Waals surface area (Å²) >= 11 is 0. The van der Waals surface area contributed by atoms with Crippen molar-refractivity contribution in [3.63, 3.8) is 0 Å². The first-order valence-corrected chi connectivity index (χ1v) is 12.3. The van der Waals surface area contributed by atoms with Crippen LogP contribution in [0.3, 0.4) is 0 Å². The van der Waals surface area contributed by atoms with Crippen LogP contribution in [-0.4, -0.2) is 78.2 Å². The van der Waals surface area contributed by atoms with Crippen LogP contribution in [-0.2, 0) is 19.1 Å². The van der Waals surface area contributed by atoms with Gasteiger partial charge in [-0.25, -0.2) is 4.79 Å². The molecule has 4 rings (SSSR count). The summed E-state index contributed by atoms with van der Waals surface area (Å²) in [7, 11) is 5.60. The van der Waals surface area contributed by atoms with Crippen molar-refractivity contribution < 1.29 is 33.8 Å². The number of esters is 1. The van der Waals surface area contributed by atoms with Gasteiger partial charge in [0.15, 0.2) is 18.9 Å². The molecule has 2 N–H and O–H groups in total. The Morgan fingerprint density at radius 1 is 1.15 bits per heavy atom. The minimum Gasteiger partial charge on any atom is -0.453 e. The number of nitrogens with zero attached hydrogens (tertiary/aromatic N) is 1. The smallest absolute Gasteiger partial charge is 0.362 e. The van der Waals surface area contributed by atoms with Crippen LogP contribution in [0.15, 0.2) is 11.6 Å². The zero-order valence-corrected chi connectivity index (χ0v) is 20.7. The van der Waals surface area contributed by atoms with Crippen molar-refractivity contribution in [2.45, 2.75) is 70.5 Å². The zero-order valence-electron chi connectivity index (χ0n) is 20.7. The van der Waals surface area contributed by atoms with E-state index < -0.39 is 35.5 Å². The molecule has 3 saturated carbocycles. The molecular weight excluding hydrogens is 422 g/mol. The highest BCUT2D eigenvalue weighted by Gasteiger charge is 2.68. The van der Waals surface area contributed by atoms with Gasteiger partial charge in [0, 0.05) is 11.8 Å². The first-order valence-electron chi connectivity index (χ1n) is 12.3. The number of aliphatic hydroxyl groups excluding tert-OH is 1. The topological polar surface area (TPSA) is 101 Å². The van der Waals surface area contributed by atoms with E-state index in [1.807, 2.05) is 28.1 Å². The van der Waals surface area contributed by atoms with Gasteiger partial charge >= 0.3 is 5.97 Å². The predicted molar refractivity (Wildman–Crippen MR) is 122 cm³/mol. The van der Waals surface area contributed by atoms with Crippen molar-refractivity contribution in [2.24, 2.45) is 28.6 Å². The third-order valence-corrected chi connectivity index (χ3v) is 9.48. The highest BCUT2D eigenvalue weighted by molar-refractivity contribution is 5.92. The van der Waals surface area contributed by atoms with Crippen molar-refractivity contribution in [3.05, 3.63) is 11.6 Å². The van der Waals surface area contributed by atoms with E-state index in [4.69, 9.17) is 4.74 Å². The van der Waals surface area contributed by atoms with Crippen LogP contribution in [0.2, 0.25) is 0 Å². The van der Waals surface area contributed by atoms with Crippen LogP contribution >= 0.6 is 0 Å². The second kappa shape index (κ2) is 7.99. The maximum atomic E-state index is 13.2. The molecule has 4 aliphatic rings. The molecule has 0 amide bonds. The van der Waals surface area contributed by atoms with Crippen molar-refractivity contribution in [1.29, 1.82) is 0 Å². The standard InChI is InChI=1S/C26H40NO6/c1-24-10-8-17(28)12-16(24)6-7-18-19-9-11-26(32,25(19,2)13-20(29)23(18)24)21(30)15-33-22(31)14-27(3,4)5/h12,18-20,23,29,32H,6-11,13-15H2,1-5H3/q+1/t18-,19+,20+,23+,24-,25+,26-/m0/s1. The Balaban J connectivity index is 1.55. The Kier molecular flexibility index (Phi) is 5.95. The fraction of sp³-hybridized carbons (Fsp3) is 0.808. The summed E-state index contributed by atoms with van der Waals surface area (Å²) < 4.78 is 5.64. The highest BCUT2D eigenvalue weighted by atomic mass is 16.5. The van der Waals surface area contributed by atoms with Gasteiger partial charge in [0.1, 0.15) is 5.60 Å². The Morgan fingerprint density at radius 3 is 2.52 bits per heavy atom. The van der Waals surface area contributed by atoms with E-state index in [1.165, 1.54) is 0 Å². The number of ether oxygens (including phenoxy) is 1. The number of quaternary nitrogens is 1. The minimum atomic E-state index is -1.61. The monoisotopic (exact) mass is 462 g/mol. The van der Waals surface area contributed by atoms with Gasteiger partial charge in [0.05, 0.1) is 27.2 Å². The maximum absolute atomic E-state index is 13.2. The first-order chi connectivity index (χ1) is 15.2. The Morgan fingerprint density at radius 2 is 1.85 bits per heavy atom. The van der Waals surface area contributed by atoms with Gasteiger partial charge in [-0.15, -0.1) is 0 Å². The van der Waals surface area contributed by atoms with Crippen LogP contribution in [0.1, 0.15) is 58.8 Å². The molecule has 0 saturated heterocycles. The number of fused-ring (bicyclic) bond motifs is 5. The van der Waals surface area contributed by atoms with E-state index in [0.29, 0.717) is 30.2 Å². The number of rotatable bonds is 5. The van der Waals surface area contributed by atoms with Crippen LogP contribution < -0.4 is 0 Å². The highest BCUT2D eigenvalue weighted by Crippen LogP contribution is 2.67. The maximum Gasteiger partial charge on any atom is 0.362 e. The van der Waals surface area contributed by atoms with E-state index in [9.17, 15) is 24.6 Å². The number of carbonyl (C=O) groups is 3. The summed E-state index contributed by atoms with van der Waals surface area (Å²) in [5, 5.41) is 23.1. The van der Waals surface area contributed by atoms with Gasteiger partial charge in [-0.2, -0.15) is 0 Å². The van der Waals surface area contributed by atoms with Crippen LogP contribution in [0.25, 0.3) is 0 Å². The number of allylic oxidation sites excluding steroid dienone is 1. The summed E-state index contributed by atoms with van der Waals surface area (Å²) in [6.45, 7) is 3.83. The van der Waals surface area contributed by atoms with Gasteiger partial charge in [-0.1, -0.05) is 19.4 Å². The quantitative estimate of drug-likeness (QED) is 0.479. The molecule has 0 aliphatic heterocycles. The average Bonchev–Trinajstić information content (AvgIpc) is 2.96. The molecule has 3 fully saturated rings. The molecule has 0 aromatic heterocycles. The van der Waals surface area contributed by atoms with E-state index >= 15 is 0 Å². The van der Waals surface area contributed by atoms with E-state index in [2.05, 4.69) is 6.92 Å². The first kappa shape index (κ1) is 24.6. The lowest BCUT2D eigenvalue weighted by atomic mass is 9.45. The summed E-state index contributed by atoms with van der Waals surface area (Å²) in [5.74, 6) is -0.414. The van der Waals surface area contributed by atoms with E-state index in [0.717, 1.165) is 24.8 Å². The molecule has 0 aromatic rings. The number of hydrogen-bond donors (Lipinski definition) is 2. The minimum absolute atomic E-state index is 0.0310. The summed E-state index contributed by atoms with van der Waals surface area (Å²) in [6.07, 6.45) is 5.49. The van der Waals surface area contributed by atoms with Gasteiger partial charge in [0.2, 0.25) is 5.78 Å². The number of ketones is 2. The summed E-state index contributed by atoms with van der Waals surface area (Å²) in [6, 6.07) is 0. The molecule has 33 heavy (non-hydrogen) atoms. The lowest BCUT2D eigenvalue weighted by molar-refractivity contribution is -0.862. The van der Waals surface area contributed by atoms with Crippen LogP contribution in [0, 0.1) is 28.6 Å². The van der Waals surface area contributed by atoms with Crippen molar-refractivity contribution in [3.8, 4) is 0 Å². The molecule has 7 atom stereocenters. The molecule has 7 heteroatoms. The lowest BCUT2D eigenvalue weighted by Gasteiger charge is -2.60. The van der Waals surface area contributed by atoms with Gasteiger partial charge in [-0.3, -0.25) is 9.59 Å². The number of Topliss-reactive ketones (excluding diaryl/α,β-unsaturated/α-hetero) is 1. The predicted octanol–water partition coefficient (Wildman–Crippen LogP) is 2.04. The van der Waals surface area contributed by atoms with Crippen molar-refractivity contribution in [2.75, 3.05) is 34.3 Å². The van der Waals surface area contributed by atoms with Crippen LogP contribution in [0.4, 0.5) is 0 Å². The normalized spacial score (nSPS) is 42.6.